The molecule has 6 aromatic rings. The minimum Gasteiger partial charge on any atom is -0.481 e. The highest BCUT2D eigenvalue weighted by molar-refractivity contribution is 6.02. The van der Waals surface area contributed by atoms with E-state index in [9.17, 15) is 18.0 Å². The molecule has 0 unspecified atom stereocenters. The van der Waals surface area contributed by atoms with Crippen LogP contribution < -0.4 is 20.1 Å². The Labute approximate surface area is 248 Å². The third-order valence-corrected chi connectivity index (χ3v) is 6.50. The Morgan fingerprint density at radius 2 is 1.70 bits per heavy atom. The molecule has 0 atom stereocenters. The van der Waals surface area contributed by atoms with Crippen molar-refractivity contribution in [1.29, 1.82) is 0 Å². The van der Waals surface area contributed by atoms with Gasteiger partial charge in [0.1, 0.15) is 5.75 Å². The Morgan fingerprint density at radius 3 is 2.41 bits per heavy atom. The number of methoxy groups -OCH3 is 1. The molecule has 4 heterocycles. The van der Waals surface area contributed by atoms with Gasteiger partial charge in [0.05, 0.1) is 36.4 Å². The summed E-state index contributed by atoms with van der Waals surface area (Å²) in [5.41, 5.74) is 2.64. The van der Waals surface area contributed by atoms with Gasteiger partial charge in [-0.15, -0.1) is 0 Å². The van der Waals surface area contributed by atoms with E-state index in [1.165, 1.54) is 18.5 Å². The number of rotatable bonds is 7. The first kappa shape index (κ1) is 28.2. The van der Waals surface area contributed by atoms with Crippen molar-refractivity contribution in [3.8, 4) is 39.8 Å². The quantitative estimate of drug-likeness (QED) is 0.198. The molecule has 0 spiro atoms. The predicted molar refractivity (Wildman–Crippen MR) is 157 cm³/mol. The average Bonchev–Trinajstić information content (AvgIpc) is 3.45. The van der Waals surface area contributed by atoms with Gasteiger partial charge < -0.3 is 20.1 Å². The summed E-state index contributed by atoms with van der Waals surface area (Å²) in [6.07, 6.45) is 3.31. The highest BCUT2D eigenvalue weighted by Crippen LogP contribution is 2.36. The van der Waals surface area contributed by atoms with Crippen LogP contribution in [0.1, 0.15) is 5.56 Å². The summed E-state index contributed by atoms with van der Waals surface area (Å²) < 4.78 is 52.8. The molecule has 0 fully saturated rings. The fourth-order valence-corrected chi connectivity index (χ4v) is 4.39. The van der Waals surface area contributed by atoms with Crippen molar-refractivity contribution in [3.05, 3.63) is 109 Å². The maximum absolute atomic E-state index is 13.4. The van der Waals surface area contributed by atoms with Crippen molar-refractivity contribution in [2.75, 3.05) is 17.7 Å². The summed E-state index contributed by atoms with van der Waals surface area (Å²) in [4.78, 5) is 25.4. The van der Waals surface area contributed by atoms with Gasteiger partial charge in [0.25, 0.3) is 0 Å². The molecule has 0 saturated heterocycles. The molecule has 6 rings (SSSR count). The number of nitrogens with one attached hydrogen (secondary N) is 2. The lowest BCUT2D eigenvalue weighted by Crippen LogP contribution is -2.20. The number of benzene rings is 2. The van der Waals surface area contributed by atoms with Gasteiger partial charge >= 0.3 is 12.2 Å². The zero-order chi connectivity index (χ0) is 30.7. The molecule has 0 radical (unpaired) electrons. The van der Waals surface area contributed by atoms with Gasteiger partial charge in [-0.2, -0.15) is 23.3 Å². The predicted octanol–water partition coefficient (Wildman–Crippen LogP) is 7.32. The van der Waals surface area contributed by atoms with Gasteiger partial charge in [-0.05, 0) is 42.0 Å². The highest BCUT2D eigenvalue weighted by atomic mass is 19.4. The van der Waals surface area contributed by atoms with E-state index in [2.05, 4.69) is 30.7 Å². The van der Waals surface area contributed by atoms with E-state index in [1.807, 2.05) is 12.1 Å². The summed E-state index contributed by atoms with van der Waals surface area (Å²) in [6.45, 7) is 0. The zero-order valence-corrected chi connectivity index (χ0v) is 22.9. The molecular weight excluding hydrogens is 575 g/mol. The second-order valence-corrected chi connectivity index (χ2v) is 9.39. The number of ether oxygens (including phenoxy) is 2. The molecule has 0 bridgehead atoms. The van der Waals surface area contributed by atoms with Gasteiger partial charge in [0.2, 0.25) is 11.8 Å². The van der Waals surface area contributed by atoms with Crippen LogP contribution in [-0.2, 0) is 6.18 Å². The van der Waals surface area contributed by atoms with Crippen LogP contribution in [0.25, 0.3) is 27.9 Å². The maximum Gasteiger partial charge on any atom is 0.416 e. The first-order valence-corrected chi connectivity index (χ1v) is 13.1. The van der Waals surface area contributed by atoms with Crippen molar-refractivity contribution >= 4 is 23.1 Å². The molecule has 4 aromatic heterocycles. The molecule has 0 aliphatic rings. The number of nitrogens with zero attached hydrogens (tertiary/aromatic N) is 5. The minimum absolute atomic E-state index is 0.0271. The number of halogens is 3. The van der Waals surface area contributed by atoms with Crippen molar-refractivity contribution in [2.45, 2.75) is 6.18 Å². The summed E-state index contributed by atoms with van der Waals surface area (Å²) in [6, 6.07) is 17.8. The number of alkyl halides is 3. The van der Waals surface area contributed by atoms with Crippen molar-refractivity contribution in [1.82, 2.24) is 24.6 Å². The van der Waals surface area contributed by atoms with Crippen LogP contribution in [0.2, 0.25) is 0 Å². The molecule has 0 aliphatic heterocycles. The molecular formula is C31H22F3N7O3. The minimum atomic E-state index is -4.58. The normalized spacial score (nSPS) is 11.3. The van der Waals surface area contributed by atoms with Crippen LogP contribution >= 0.6 is 0 Å². The molecule has 220 valence electrons. The topological polar surface area (TPSA) is 116 Å². The Morgan fingerprint density at radius 1 is 0.864 bits per heavy atom. The summed E-state index contributed by atoms with van der Waals surface area (Å²) in [5, 5.41) is 9.40. The lowest BCUT2D eigenvalue weighted by Gasteiger charge is -2.15. The van der Waals surface area contributed by atoms with Crippen molar-refractivity contribution in [2.24, 2.45) is 0 Å². The molecule has 13 heteroatoms. The largest absolute Gasteiger partial charge is 0.481 e. The summed E-state index contributed by atoms with van der Waals surface area (Å²) in [7, 11) is 1.55. The van der Waals surface area contributed by atoms with Crippen LogP contribution in [-0.4, -0.2) is 37.7 Å². The first-order valence-electron chi connectivity index (χ1n) is 13.1. The Hall–Kier alpha value is -5.98. The Balaban J connectivity index is 1.12. The van der Waals surface area contributed by atoms with Crippen molar-refractivity contribution < 1.29 is 27.4 Å². The smallest absolute Gasteiger partial charge is 0.416 e. The van der Waals surface area contributed by atoms with Gasteiger partial charge in [-0.3, -0.25) is 4.98 Å². The standard InChI is InChI=1S/C31H22F3N7O3/c1-43-28-12-14-41-29(40-28)25(18-37-41)19-4-8-23(9-5-19)44-27-11-7-22(17-36-27)38-30(42)39-26-15-21(31(32,33)34)6-10-24(26)20-3-2-13-35-16-20/h2-18H,1H3,(H2,38,39,42). The SMILES string of the molecule is COc1ccn2ncc(-c3ccc(Oc4ccc(NC(=O)Nc5cc(C(F)(F)F)ccc5-c5cccnc5)cn4)cc3)c2n1. The maximum atomic E-state index is 13.4. The third kappa shape index (κ3) is 6.11. The van der Waals surface area contributed by atoms with Gasteiger partial charge in [-0.25, -0.2) is 14.3 Å². The number of carbonyl (C=O) groups excluding carboxylic acids is 1. The van der Waals surface area contributed by atoms with Crippen LogP contribution in [0.3, 0.4) is 0 Å². The lowest BCUT2D eigenvalue weighted by atomic mass is 10.0. The molecule has 44 heavy (non-hydrogen) atoms. The van der Waals surface area contributed by atoms with E-state index in [-0.39, 0.29) is 11.6 Å². The second kappa shape index (κ2) is 11.7. The monoisotopic (exact) mass is 597 g/mol. The van der Waals surface area contributed by atoms with Crippen molar-refractivity contribution in [3.63, 3.8) is 0 Å². The second-order valence-electron chi connectivity index (χ2n) is 9.39. The van der Waals surface area contributed by atoms with E-state index in [0.29, 0.717) is 34.1 Å². The number of hydrogen-bond donors (Lipinski definition) is 2. The van der Waals surface area contributed by atoms with E-state index in [0.717, 1.165) is 23.3 Å². The molecule has 0 aliphatic carbocycles. The van der Waals surface area contributed by atoms with Crippen LogP contribution in [0.4, 0.5) is 29.3 Å². The van der Waals surface area contributed by atoms with E-state index in [1.54, 1.807) is 72.7 Å². The number of fused-ring (bicyclic) bond motifs is 1. The molecule has 0 saturated carbocycles. The van der Waals surface area contributed by atoms with Gasteiger partial charge in [-0.1, -0.05) is 24.3 Å². The summed E-state index contributed by atoms with van der Waals surface area (Å²) >= 11 is 0. The first-order chi connectivity index (χ1) is 21.3. The third-order valence-electron chi connectivity index (χ3n) is 6.50. The number of urea groups is 1. The fourth-order valence-electron chi connectivity index (χ4n) is 4.39. The average molecular weight is 598 g/mol. The Kier molecular flexibility index (Phi) is 7.50. The van der Waals surface area contributed by atoms with E-state index in [4.69, 9.17) is 9.47 Å². The van der Waals surface area contributed by atoms with Crippen LogP contribution in [0, 0.1) is 0 Å². The highest BCUT2D eigenvalue weighted by Gasteiger charge is 2.31. The van der Waals surface area contributed by atoms with Crippen LogP contribution in [0.15, 0.2) is 104 Å². The summed E-state index contributed by atoms with van der Waals surface area (Å²) in [5.74, 6) is 1.27. The van der Waals surface area contributed by atoms with Crippen LogP contribution in [0.5, 0.6) is 17.5 Å². The number of anilines is 2. The van der Waals surface area contributed by atoms with E-state index < -0.39 is 17.8 Å². The number of pyridine rings is 2. The fraction of sp³-hybridized carbons (Fsp3) is 0.0645. The number of carbonyl (C=O) groups is 1. The molecule has 2 N–H and O–H groups in total. The number of hydrogen-bond acceptors (Lipinski definition) is 7. The van der Waals surface area contributed by atoms with Gasteiger partial charge in [0.15, 0.2) is 5.65 Å². The Bertz CT molecular complexity index is 1930. The molecule has 2 amide bonds. The number of amides is 2. The molecule has 10 nitrogen and oxygen atoms in total. The molecule has 2 aromatic carbocycles. The van der Waals surface area contributed by atoms with Gasteiger partial charge in [0, 0.05) is 47.4 Å². The lowest BCUT2D eigenvalue weighted by molar-refractivity contribution is -0.137. The van der Waals surface area contributed by atoms with E-state index >= 15 is 0 Å². The number of aromatic nitrogens is 5. The zero-order valence-electron chi connectivity index (χ0n) is 22.9.